The van der Waals surface area contributed by atoms with Gasteiger partial charge in [-0.25, -0.2) is 9.37 Å². The number of aldehydes is 1. The molecule has 0 spiro atoms. The molecule has 0 saturated carbocycles. The Labute approximate surface area is 143 Å². The Bertz CT molecular complexity index is 909. The second-order valence-corrected chi connectivity index (χ2v) is 5.94. The topological polar surface area (TPSA) is 54.9 Å². The highest BCUT2D eigenvalue weighted by atomic mass is 32.1. The number of rotatable bonds is 4. The van der Waals surface area contributed by atoms with Crippen LogP contribution in [0.5, 0.6) is 0 Å². The number of aromatic nitrogens is 2. The molecule has 0 atom stereocenters. The van der Waals surface area contributed by atoms with Gasteiger partial charge in [-0.15, -0.1) is 0 Å². The minimum atomic E-state index is -4.81. The largest absolute Gasteiger partial charge is 0.419 e. The Morgan fingerprint density at radius 1 is 1.20 bits per heavy atom. The highest BCUT2D eigenvalue weighted by Gasteiger charge is 2.34. The van der Waals surface area contributed by atoms with Crippen LogP contribution in [-0.2, 0) is 6.18 Å². The molecule has 0 aliphatic carbocycles. The lowest BCUT2D eigenvalue weighted by Crippen LogP contribution is -2.08. The second kappa shape index (κ2) is 6.60. The third kappa shape index (κ3) is 3.66. The standard InChI is InChI=1S/C16H9F4N3OS/c17-12-4-3-10(6-11(12)16(18,19)20)22-15-23-14(13(8-24)25-15)9-2-1-5-21-7-9/h1-8H,(H,22,23). The molecule has 4 nitrogen and oxygen atoms in total. The van der Waals surface area contributed by atoms with Crippen LogP contribution in [0, 0.1) is 5.82 Å². The molecule has 128 valence electrons. The molecule has 2 aromatic heterocycles. The van der Waals surface area contributed by atoms with Crippen LogP contribution in [0.2, 0.25) is 0 Å². The number of nitrogens with zero attached hydrogens (tertiary/aromatic N) is 2. The third-order valence-electron chi connectivity index (χ3n) is 3.22. The van der Waals surface area contributed by atoms with Crippen molar-refractivity contribution in [3.63, 3.8) is 0 Å². The first-order chi connectivity index (χ1) is 11.9. The van der Waals surface area contributed by atoms with E-state index in [0.29, 0.717) is 28.5 Å². The molecular formula is C16H9F4N3OS. The van der Waals surface area contributed by atoms with E-state index in [4.69, 9.17) is 0 Å². The summed E-state index contributed by atoms with van der Waals surface area (Å²) in [5, 5.41) is 2.88. The summed E-state index contributed by atoms with van der Waals surface area (Å²) in [6.07, 6.45) is -1.12. The van der Waals surface area contributed by atoms with Crippen molar-refractivity contribution < 1.29 is 22.4 Å². The van der Waals surface area contributed by atoms with Crippen molar-refractivity contribution in [3.8, 4) is 11.3 Å². The predicted molar refractivity (Wildman–Crippen MR) is 85.4 cm³/mol. The van der Waals surface area contributed by atoms with Gasteiger partial charge in [-0.1, -0.05) is 11.3 Å². The van der Waals surface area contributed by atoms with Crippen LogP contribution in [0.1, 0.15) is 15.2 Å². The van der Waals surface area contributed by atoms with Crippen molar-refractivity contribution in [2.24, 2.45) is 0 Å². The van der Waals surface area contributed by atoms with E-state index in [1.54, 1.807) is 18.3 Å². The van der Waals surface area contributed by atoms with Gasteiger partial charge in [0.25, 0.3) is 0 Å². The SMILES string of the molecule is O=Cc1sc(Nc2ccc(F)c(C(F)(F)F)c2)nc1-c1cccnc1. The number of halogens is 4. The summed E-state index contributed by atoms with van der Waals surface area (Å²) in [5.41, 5.74) is -0.396. The van der Waals surface area contributed by atoms with E-state index in [0.717, 1.165) is 23.5 Å². The Balaban J connectivity index is 1.95. The van der Waals surface area contributed by atoms with Gasteiger partial charge >= 0.3 is 6.18 Å². The number of carbonyl (C=O) groups excluding carboxylic acids is 1. The Morgan fingerprint density at radius 3 is 2.64 bits per heavy atom. The third-order valence-corrected chi connectivity index (χ3v) is 4.11. The Hall–Kier alpha value is -2.81. The normalized spacial score (nSPS) is 11.4. The highest BCUT2D eigenvalue weighted by Crippen LogP contribution is 2.35. The molecule has 0 amide bonds. The predicted octanol–water partition coefficient (Wildman–Crippen LogP) is 4.92. The van der Waals surface area contributed by atoms with Gasteiger partial charge in [-0.2, -0.15) is 13.2 Å². The minimum absolute atomic E-state index is 0.0117. The van der Waals surface area contributed by atoms with Crippen molar-refractivity contribution in [3.05, 3.63) is 59.0 Å². The lowest BCUT2D eigenvalue weighted by molar-refractivity contribution is -0.139. The molecule has 0 saturated heterocycles. The van der Waals surface area contributed by atoms with Gasteiger partial charge in [0.15, 0.2) is 11.4 Å². The van der Waals surface area contributed by atoms with Gasteiger partial charge in [-0.3, -0.25) is 9.78 Å². The van der Waals surface area contributed by atoms with Crippen LogP contribution in [-0.4, -0.2) is 16.3 Å². The number of anilines is 2. The molecule has 0 aliphatic rings. The van der Waals surface area contributed by atoms with Crippen molar-refractivity contribution in [1.29, 1.82) is 0 Å². The summed E-state index contributed by atoms with van der Waals surface area (Å²) in [5.74, 6) is -1.36. The molecule has 2 heterocycles. The van der Waals surface area contributed by atoms with E-state index in [1.807, 2.05) is 0 Å². The van der Waals surface area contributed by atoms with E-state index >= 15 is 0 Å². The van der Waals surface area contributed by atoms with E-state index in [2.05, 4.69) is 15.3 Å². The van der Waals surface area contributed by atoms with Crippen LogP contribution in [0.25, 0.3) is 11.3 Å². The van der Waals surface area contributed by atoms with Crippen molar-refractivity contribution in [2.45, 2.75) is 6.18 Å². The summed E-state index contributed by atoms with van der Waals surface area (Å²) in [4.78, 5) is 19.7. The van der Waals surface area contributed by atoms with Gasteiger partial charge in [0.1, 0.15) is 5.82 Å². The fourth-order valence-electron chi connectivity index (χ4n) is 2.12. The highest BCUT2D eigenvalue weighted by molar-refractivity contribution is 7.17. The number of carbonyl (C=O) groups is 1. The average molecular weight is 367 g/mol. The van der Waals surface area contributed by atoms with Gasteiger partial charge < -0.3 is 5.32 Å². The smallest absolute Gasteiger partial charge is 0.332 e. The molecule has 9 heteroatoms. The number of hydrogen-bond donors (Lipinski definition) is 1. The van der Waals surface area contributed by atoms with Gasteiger partial charge in [0.05, 0.1) is 16.1 Å². The number of thiazole rings is 1. The molecule has 25 heavy (non-hydrogen) atoms. The van der Waals surface area contributed by atoms with E-state index in [9.17, 15) is 22.4 Å². The maximum atomic E-state index is 13.3. The molecule has 0 fully saturated rings. The van der Waals surface area contributed by atoms with Crippen molar-refractivity contribution in [1.82, 2.24) is 9.97 Å². The number of pyridine rings is 1. The van der Waals surface area contributed by atoms with E-state index in [-0.39, 0.29) is 10.8 Å². The first-order valence-corrected chi connectivity index (χ1v) is 7.70. The fraction of sp³-hybridized carbons (Fsp3) is 0.0625. The summed E-state index contributed by atoms with van der Waals surface area (Å²) in [7, 11) is 0. The fourth-order valence-corrected chi connectivity index (χ4v) is 2.94. The summed E-state index contributed by atoms with van der Waals surface area (Å²) < 4.78 is 51.7. The first-order valence-electron chi connectivity index (χ1n) is 6.88. The van der Waals surface area contributed by atoms with Crippen molar-refractivity contribution >= 4 is 28.4 Å². The zero-order valence-corrected chi connectivity index (χ0v) is 13.2. The van der Waals surface area contributed by atoms with Gasteiger partial charge in [-0.05, 0) is 30.3 Å². The number of benzene rings is 1. The molecule has 0 radical (unpaired) electrons. The number of hydrogen-bond acceptors (Lipinski definition) is 5. The Kier molecular flexibility index (Phi) is 4.49. The molecular weight excluding hydrogens is 358 g/mol. The average Bonchev–Trinajstić information content (AvgIpc) is 2.99. The maximum absolute atomic E-state index is 13.3. The van der Waals surface area contributed by atoms with Crippen LogP contribution in [0.4, 0.5) is 28.4 Å². The molecule has 0 bridgehead atoms. The second-order valence-electron chi connectivity index (χ2n) is 4.91. The summed E-state index contributed by atoms with van der Waals surface area (Å²) >= 11 is 0.974. The lowest BCUT2D eigenvalue weighted by Gasteiger charge is -2.10. The monoisotopic (exact) mass is 367 g/mol. The molecule has 0 aliphatic heterocycles. The lowest BCUT2D eigenvalue weighted by atomic mass is 10.2. The first kappa shape index (κ1) is 17.0. The van der Waals surface area contributed by atoms with Crippen LogP contribution in [0.15, 0.2) is 42.7 Å². The van der Waals surface area contributed by atoms with E-state index in [1.165, 1.54) is 6.20 Å². The molecule has 3 rings (SSSR count). The summed E-state index contributed by atoms with van der Waals surface area (Å²) in [6.45, 7) is 0. The maximum Gasteiger partial charge on any atom is 0.419 e. The quantitative estimate of drug-likeness (QED) is 0.525. The zero-order chi connectivity index (χ0) is 18.0. The Morgan fingerprint density at radius 2 is 2.00 bits per heavy atom. The zero-order valence-electron chi connectivity index (χ0n) is 12.3. The van der Waals surface area contributed by atoms with Crippen LogP contribution in [0.3, 0.4) is 0 Å². The van der Waals surface area contributed by atoms with E-state index < -0.39 is 17.6 Å². The minimum Gasteiger partial charge on any atom is -0.332 e. The summed E-state index contributed by atoms with van der Waals surface area (Å²) in [6, 6.07) is 5.92. The molecule has 1 N–H and O–H groups in total. The molecule has 3 aromatic rings. The van der Waals surface area contributed by atoms with Crippen LogP contribution < -0.4 is 5.32 Å². The molecule has 0 unspecified atom stereocenters. The molecule has 1 aromatic carbocycles. The van der Waals surface area contributed by atoms with Crippen LogP contribution >= 0.6 is 11.3 Å². The van der Waals surface area contributed by atoms with Crippen molar-refractivity contribution in [2.75, 3.05) is 5.32 Å². The van der Waals surface area contributed by atoms with Gasteiger partial charge in [0, 0.05) is 23.6 Å². The number of nitrogens with one attached hydrogen (secondary N) is 1. The number of alkyl halides is 3. The van der Waals surface area contributed by atoms with Gasteiger partial charge in [0.2, 0.25) is 0 Å².